The minimum absolute atomic E-state index is 0.0325. The van der Waals surface area contributed by atoms with Crippen LogP contribution in [0.1, 0.15) is 104 Å². The highest BCUT2D eigenvalue weighted by atomic mass is 19.3. The van der Waals surface area contributed by atoms with Gasteiger partial charge in [0.2, 0.25) is 11.8 Å². The summed E-state index contributed by atoms with van der Waals surface area (Å²) >= 11 is 0. The maximum absolute atomic E-state index is 13.7. The van der Waals surface area contributed by atoms with Gasteiger partial charge in [0, 0.05) is 45.4 Å². The van der Waals surface area contributed by atoms with Gasteiger partial charge in [0.1, 0.15) is 30.3 Å². The second-order valence-corrected chi connectivity index (χ2v) is 17.1. The molecule has 18 nitrogen and oxygen atoms in total. The van der Waals surface area contributed by atoms with Crippen molar-refractivity contribution in [1.82, 2.24) is 43.7 Å². The summed E-state index contributed by atoms with van der Waals surface area (Å²) in [5, 5.41) is 23.2. The van der Waals surface area contributed by atoms with E-state index in [1.165, 1.54) is 26.0 Å². The molecular weight excluding hydrogens is 833 g/mol. The quantitative estimate of drug-likeness (QED) is 0.151. The fourth-order valence-corrected chi connectivity index (χ4v) is 9.49. The number of hydrogen-bond acceptors (Lipinski definition) is 12. The van der Waals surface area contributed by atoms with Crippen molar-refractivity contribution in [2.75, 3.05) is 43.6 Å². The van der Waals surface area contributed by atoms with Crippen molar-refractivity contribution in [2.24, 2.45) is 7.05 Å². The van der Waals surface area contributed by atoms with E-state index in [0.717, 1.165) is 63.9 Å². The van der Waals surface area contributed by atoms with E-state index < -0.39 is 36.2 Å². The normalized spacial score (nSPS) is 23.9. The molecule has 1 aromatic carbocycles. The molecule has 64 heavy (non-hydrogen) atoms. The number of nitrogens with one attached hydrogen (secondary N) is 2. The highest BCUT2D eigenvalue weighted by Gasteiger charge is 2.40. The second kappa shape index (κ2) is 18.2. The number of piperidine rings is 2. The molecule has 1 aliphatic carbocycles. The summed E-state index contributed by atoms with van der Waals surface area (Å²) in [6, 6.07) is 6.90. The fraction of sp³-hybridized carbons (Fsp3) is 0.523. The van der Waals surface area contributed by atoms with E-state index in [1.807, 2.05) is 24.1 Å². The standard InChI is InChI=1S/C22H25F2N7O2.C22H26N4O5/c23-20(24)19-17(11-31(28-19)13-4-2-1-3-5-13)26-22(32)16-9-25-30-7-6-18(27-21(16)30)29-10-15-8-14(29)12-33-15;1-24-11-10-15(13-19(24)28)31-12-4-6-14-5-3-7-16-20(14)25(2)22(30)26(16)17-8-9-18(27)23-21(17)29/h6-7,9,11,13-15,20H,1-5,8,10,12H2,(H,26,32);3,5,7,15,17,19,28H,8-13H2,1-2H3,(H,23,27,29). The molecule has 1 saturated carbocycles. The number of fused-ring (bicyclic) bond motifs is 4. The Morgan fingerprint density at radius 3 is 2.64 bits per heavy atom. The summed E-state index contributed by atoms with van der Waals surface area (Å²) in [5.74, 6) is 5.51. The molecule has 3 amide bonds. The van der Waals surface area contributed by atoms with Gasteiger partial charge in [0.05, 0.1) is 59.4 Å². The monoisotopic (exact) mass is 883 g/mol. The summed E-state index contributed by atoms with van der Waals surface area (Å²) in [6.45, 7) is 2.43. The van der Waals surface area contributed by atoms with E-state index in [2.05, 4.69) is 42.6 Å². The number of para-hydroxylation sites is 1. The lowest BCUT2D eigenvalue weighted by Gasteiger charge is -2.33. The lowest BCUT2D eigenvalue weighted by Crippen LogP contribution is -2.44. The third-order valence-electron chi connectivity index (χ3n) is 13.0. The van der Waals surface area contributed by atoms with Gasteiger partial charge < -0.3 is 24.8 Å². The number of morpholine rings is 1. The van der Waals surface area contributed by atoms with E-state index in [9.17, 15) is 33.1 Å². The molecule has 10 rings (SSSR count). The first-order valence-electron chi connectivity index (χ1n) is 21.9. The van der Waals surface area contributed by atoms with Gasteiger partial charge in [-0.15, -0.1) is 0 Å². The second-order valence-electron chi connectivity index (χ2n) is 17.1. The summed E-state index contributed by atoms with van der Waals surface area (Å²) in [7, 11) is 3.53. The molecule has 5 atom stereocenters. The lowest BCUT2D eigenvalue weighted by molar-refractivity contribution is -0.135. The Kier molecular flexibility index (Phi) is 12.3. The van der Waals surface area contributed by atoms with Crippen LogP contribution in [0.25, 0.3) is 16.7 Å². The molecule has 5 aromatic rings. The molecule has 20 heteroatoms. The number of imidazole rings is 1. The van der Waals surface area contributed by atoms with Crippen molar-refractivity contribution in [3.05, 3.63) is 70.2 Å². The number of carbonyl (C=O) groups excluding carboxylic acids is 3. The smallest absolute Gasteiger partial charge is 0.329 e. The minimum atomic E-state index is -2.79. The summed E-state index contributed by atoms with van der Waals surface area (Å²) < 4.78 is 44.9. The molecule has 5 aliphatic rings. The molecule has 0 spiro atoms. The van der Waals surface area contributed by atoms with Gasteiger partial charge in [0.25, 0.3) is 12.3 Å². The van der Waals surface area contributed by atoms with E-state index in [4.69, 9.17) is 9.47 Å². The number of hydrogen-bond donors (Lipinski definition) is 3. The maximum Gasteiger partial charge on any atom is 0.329 e. The number of alkyl halides is 2. The summed E-state index contributed by atoms with van der Waals surface area (Å²) in [5.41, 5.74) is 1.81. The zero-order valence-corrected chi connectivity index (χ0v) is 35.7. The zero-order valence-electron chi connectivity index (χ0n) is 35.7. The number of ether oxygens (including phenoxy) is 2. The fourth-order valence-electron chi connectivity index (χ4n) is 9.49. The molecule has 4 aliphatic heterocycles. The average Bonchev–Trinajstić information content (AvgIpc) is 4.14. The van der Waals surface area contributed by atoms with E-state index in [0.29, 0.717) is 35.3 Å². The van der Waals surface area contributed by atoms with Gasteiger partial charge in [0.15, 0.2) is 11.3 Å². The number of nitrogens with zero attached hydrogens (tertiary/aromatic N) is 9. The van der Waals surface area contributed by atoms with Crippen LogP contribution in [0, 0.1) is 11.8 Å². The highest BCUT2D eigenvalue weighted by Crippen LogP contribution is 2.34. The number of amides is 3. The van der Waals surface area contributed by atoms with Crippen molar-refractivity contribution in [2.45, 2.75) is 107 Å². The summed E-state index contributed by atoms with van der Waals surface area (Å²) in [6.07, 6.45) is 9.51. The Morgan fingerprint density at radius 1 is 1.08 bits per heavy atom. The van der Waals surface area contributed by atoms with Crippen LogP contribution in [0.3, 0.4) is 0 Å². The number of aliphatic hydroxyl groups is 1. The van der Waals surface area contributed by atoms with Crippen LogP contribution in [-0.2, 0) is 26.1 Å². The maximum atomic E-state index is 13.7. The van der Waals surface area contributed by atoms with Crippen LogP contribution < -0.4 is 21.2 Å². The van der Waals surface area contributed by atoms with Crippen LogP contribution in [0.2, 0.25) is 0 Å². The molecule has 4 saturated heterocycles. The number of aromatic nitrogens is 7. The Hall–Kier alpha value is -6.01. The number of halogens is 2. The Morgan fingerprint density at radius 2 is 1.91 bits per heavy atom. The topological polar surface area (TPSA) is 195 Å². The van der Waals surface area contributed by atoms with Crippen molar-refractivity contribution < 1.29 is 37.7 Å². The van der Waals surface area contributed by atoms with E-state index in [-0.39, 0.29) is 66.6 Å². The van der Waals surface area contributed by atoms with Crippen molar-refractivity contribution in [3.8, 4) is 11.8 Å². The number of carbonyl (C=O) groups is 3. The molecule has 338 valence electrons. The molecule has 0 radical (unpaired) electrons. The van der Waals surface area contributed by atoms with Gasteiger partial charge >= 0.3 is 5.69 Å². The van der Waals surface area contributed by atoms with Crippen molar-refractivity contribution in [1.29, 1.82) is 0 Å². The highest BCUT2D eigenvalue weighted by molar-refractivity contribution is 6.08. The van der Waals surface area contributed by atoms with Gasteiger partial charge in [-0.2, -0.15) is 10.2 Å². The first kappa shape index (κ1) is 43.3. The number of rotatable bonds is 8. The van der Waals surface area contributed by atoms with Gasteiger partial charge in [-0.25, -0.2) is 23.1 Å². The van der Waals surface area contributed by atoms with Crippen molar-refractivity contribution >= 4 is 45.9 Å². The predicted octanol–water partition coefficient (Wildman–Crippen LogP) is 3.70. The first-order chi connectivity index (χ1) is 30.9. The Bertz CT molecular complexity index is 2690. The molecule has 5 unspecified atom stereocenters. The SMILES string of the molecule is CN1CCC(OCC#Cc2cccc3c2n(C)c(=O)n3C2CCC(=O)NC2=O)CC1O.O=C(Nc1cn(C2CCCCC2)nc1C(F)F)c1cnn2ccc(N3CC4CC3CO4)nc12. The molecule has 2 bridgehead atoms. The van der Waals surface area contributed by atoms with Gasteiger partial charge in [-0.05, 0) is 57.4 Å². The first-order valence-corrected chi connectivity index (χ1v) is 21.9. The molecule has 4 aromatic heterocycles. The van der Waals surface area contributed by atoms with Crippen LogP contribution in [0.5, 0.6) is 0 Å². The van der Waals surface area contributed by atoms with Crippen LogP contribution in [-0.4, -0.2) is 119 Å². The third-order valence-corrected chi connectivity index (χ3v) is 13.0. The molecule has 3 N–H and O–H groups in total. The number of likely N-dealkylation sites (tertiary alicyclic amines) is 1. The third kappa shape index (κ3) is 8.64. The molecule has 5 fully saturated rings. The predicted molar refractivity (Wildman–Crippen MR) is 229 cm³/mol. The molecular formula is C44H51F2N11O7. The minimum Gasteiger partial charge on any atom is -0.378 e. The zero-order chi connectivity index (χ0) is 44.6. The van der Waals surface area contributed by atoms with Gasteiger partial charge in [-0.3, -0.25) is 38.4 Å². The lowest BCUT2D eigenvalue weighted by atomic mass is 9.96. The number of aliphatic hydroxyl groups excluding tert-OH is 1. The van der Waals surface area contributed by atoms with Crippen LogP contribution in [0.15, 0.2) is 47.7 Å². The summed E-state index contributed by atoms with van der Waals surface area (Å²) in [4.78, 5) is 58.6. The van der Waals surface area contributed by atoms with Gasteiger partial charge in [-0.1, -0.05) is 37.2 Å². The largest absolute Gasteiger partial charge is 0.378 e. The van der Waals surface area contributed by atoms with E-state index in [1.54, 1.807) is 30.1 Å². The van der Waals surface area contributed by atoms with Crippen molar-refractivity contribution in [3.63, 3.8) is 0 Å². The number of benzene rings is 1. The Labute approximate surface area is 366 Å². The van der Waals surface area contributed by atoms with Crippen LogP contribution >= 0.6 is 0 Å². The number of imide groups is 1. The average molecular weight is 884 g/mol. The number of anilines is 2. The number of aryl methyl sites for hydroxylation is 1. The molecule has 8 heterocycles. The van der Waals surface area contributed by atoms with Crippen LogP contribution in [0.4, 0.5) is 20.3 Å². The Balaban J connectivity index is 0.000000162. The van der Waals surface area contributed by atoms with E-state index >= 15 is 0 Å².